The first-order valence-electron chi connectivity index (χ1n) is 22.6. The predicted molar refractivity (Wildman–Crippen MR) is 266 cm³/mol. The van der Waals surface area contributed by atoms with E-state index in [0.29, 0.717) is 25.0 Å². The van der Waals surface area contributed by atoms with Crippen LogP contribution in [0.25, 0.3) is 11.2 Å². The van der Waals surface area contributed by atoms with Crippen LogP contribution in [0.5, 0.6) is 0 Å². The number of nitrogen functional groups attached to an aromatic ring is 1. The number of phosphoric ester groups is 3. The molecule has 72 heavy (non-hydrogen) atoms. The van der Waals surface area contributed by atoms with E-state index in [1.165, 1.54) is 13.8 Å². The van der Waals surface area contributed by atoms with Gasteiger partial charge in [-0.3, -0.25) is 32.5 Å². The van der Waals surface area contributed by atoms with Gasteiger partial charge in [-0.15, -0.1) is 0 Å². The topological polar surface area (TPSA) is 384 Å². The molecular weight excluding hydrogens is 1030 g/mol. The number of amides is 2. The molecule has 3 heterocycles. The number of aromatic nitrogens is 4. The molecule has 2 amide bonds. The number of thioether (sulfide) groups is 1. The predicted octanol–water partition coefficient (Wildman–Crippen LogP) is 4.11. The Morgan fingerprint density at radius 1 is 0.889 bits per heavy atom. The van der Waals surface area contributed by atoms with E-state index in [0.717, 1.165) is 54.7 Å². The molecule has 2 aromatic heterocycles. The van der Waals surface area contributed by atoms with Gasteiger partial charge >= 0.3 is 23.5 Å². The molecule has 3 rings (SSSR count). The maximum Gasteiger partial charge on any atom is 0.481 e. The van der Waals surface area contributed by atoms with E-state index in [9.17, 15) is 63.0 Å². The summed E-state index contributed by atoms with van der Waals surface area (Å²) in [7, 11) is -16.4. The summed E-state index contributed by atoms with van der Waals surface area (Å²) in [6, 6.07) is 0. The quantitative estimate of drug-likeness (QED) is 0.0208. The summed E-state index contributed by atoms with van der Waals surface area (Å²) in [5.74, 6) is -1.15. The Labute approximate surface area is 421 Å². The average molecular weight is 1090 g/mol. The monoisotopic (exact) mass is 1090 g/mol. The first-order valence-corrected chi connectivity index (χ1v) is 28.1. The highest BCUT2D eigenvalue weighted by Gasteiger charge is 2.50. The van der Waals surface area contributed by atoms with Crippen molar-refractivity contribution in [1.82, 2.24) is 30.2 Å². The zero-order chi connectivity index (χ0) is 53.4. The third-order valence-electron chi connectivity index (χ3n) is 9.96. The zero-order valence-electron chi connectivity index (χ0n) is 40.0. The smallest absolute Gasteiger partial charge is 0.389 e. The van der Waals surface area contributed by atoms with Crippen molar-refractivity contribution in [1.29, 1.82) is 0 Å². The van der Waals surface area contributed by atoms with E-state index in [1.807, 2.05) is 54.7 Å². The van der Waals surface area contributed by atoms with Crippen molar-refractivity contribution in [2.45, 2.75) is 109 Å². The standard InChI is InChI=1S/C43H66N7O18P3S/c1-4-5-6-7-11-14-17-20-31(51)21-18-15-12-9-8-10-13-16-19-22-34(53)72-26-25-45-33(52)23-24-46-41(56)38(55)43(2,3)28-65-71(62,63)68-70(60,61)64-27-32-37(67-69(57,58)59)36(54)42(66-32)50-30-49-35-39(44)47-29-48-40(35)50/h5-6,8-9,11,13-18,20,29-32,36-38,42,51,54-55H,4,7,10,12,19,21-28H2,1-3H3,(H,45,52)(H,46,56)(H,60,61)(H,62,63)(H2,44,47,48)(H2,57,58,59)/b6-5+,9-8+,14-11+,16-13+,18-15+,20-17+. The maximum absolute atomic E-state index is 12.8. The second kappa shape index (κ2) is 31.0. The van der Waals surface area contributed by atoms with Gasteiger partial charge in [-0.05, 0) is 38.5 Å². The number of anilines is 1. The van der Waals surface area contributed by atoms with E-state index < -0.39 is 90.7 Å². The lowest BCUT2D eigenvalue weighted by atomic mass is 9.87. The fraction of sp³-hybridized carbons (Fsp3) is 0.535. The molecule has 29 heteroatoms. The van der Waals surface area contributed by atoms with Gasteiger partial charge in [0.25, 0.3) is 0 Å². The molecule has 0 saturated carbocycles. The van der Waals surface area contributed by atoms with Crippen LogP contribution in [0, 0.1) is 5.41 Å². The highest BCUT2D eigenvalue weighted by molar-refractivity contribution is 8.13. The summed E-state index contributed by atoms with van der Waals surface area (Å²) in [5.41, 5.74) is 4.25. The number of phosphoric acid groups is 3. The van der Waals surface area contributed by atoms with Crippen LogP contribution >= 0.6 is 35.2 Å². The molecule has 0 spiro atoms. The minimum atomic E-state index is -5.59. The van der Waals surface area contributed by atoms with Gasteiger partial charge in [-0.25, -0.2) is 28.6 Å². The molecule has 0 radical (unpaired) electrons. The number of nitrogens with two attached hydrogens (primary N) is 1. The van der Waals surface area contributed by atoms with Crippen LogP contribution in [0.2, 0.25) is 0 Å². The highest BCUT2D eigenvalue weighted by Crippen LogP contribution is 2.61. The average Bonchev–Trinajstić information content (AvgIpc) is 3.87. The Hall–Kier alpha value is -4.04. The van der Waals surface area contributed by atoms with Crippen LogP contribution in [0.15, 0.2) is 85.6 Å². The number of aliphatic hydroxyl groups is 3. The molecule has 25 nitrogen and oxygen atoms in total. The van der Waals surface area contributed by atoms with Gasteiger partial charge in [0.15, 0.2) is 22.8 Å². The largest absolute Gasteiger partial charge is 0.481 e. The summed E-state index contributed by atoms with van der Waals surface area (Å²) in [6.07, 6.45) is 20.9. The third-order valence-corrected chi connectivity index (χ3v) is 14.0. The summed E-state index contributed by atoms with van der Waals surface area (Å²) in [6.45, 7) is 2.53. The molecule has 0 bridgehead atoms. The fourth-order valence-electron chi connectivity index (χ4n) is 6.23. The number of aliphatic hydroxyl groups excluding tert-OH is 3. The van der Waals surface area contributed by atoms with Gasteiger partial charge in [-0.1, -0.05) is 105 Å². The van der Waals surface area contributed by atoms with Crippen LogP contribution in [0.3, 0.4) is 0 Å². The lowest BCUT2D eigenvalue weighted by Crippen LogP contribution is -2.46. The Kier molecular flexibility index (Phi) is 26.8. The van der Waals surface area contributed by atoms with E-state index in [1.54, 1.807) is 6.08 Å². The molecule has 8 atom stereocenters. The number of nitrogens with one attached hydrogen (secondary N) is 2. The van der Waals surface area contributed by atoms with Gasteiger partial charge < -0.3 is 56.0 Å². The minimum absolute atomic E-state index is 0.0262. The Morgan fingerprint density at radius 2 is 1.56 bits per heavy atom. The number of fused-ring (bicyclic) bond motifs is 1. The number of ether oxygens (including phenoxy) is 1. The second-order valence-corrected chi connectivity index (χ2v) is 21.8. The van der Waals surface area contributed by atoms with E-state index in [2.05, 4.69) is 53.5 Å². The second-order valence-electron chi connectivity index (χ2n) is 16.4. The van der Waals surface area contributed by atoms with Crippen molar-refractivity contribution in [3.05, 3.63) is 85.6 Å². The Morgan fingerprint density at radius 3 is 2.26 bits per heavy atom. The van der Waals surface area contributed by atoms with Crippen LogP contribution in [-0.2, 0) is 50.7 Å². The van der Waals surface area contributed by atoms with Crippen molar-refractivity contribution < 1.29 is 85.6 Å². The summed E-state index contributed by atoms with van der Waals surface area (Å²) in [5, 5.41) is 36.5. The molecule has 1 fully saturated rings. The fourth-order valence-corrected chi connectivity index (χ4v) is 9.76. The number of carbonyl (C=O) groups excluding carboxylic acids is 3. The SMILES string of the molecule is CC/C=C/C/C=C/C=C/C(O)C/C=C/C/C=C/C/C=C/CCC(=O)SCCNC(=O)CCNC(=O)C(O)C(C)(C)COP(=O)(O)OP(=O)(O)OCC1OC(n2cnc3c(N)ncnc32)C(O)C1OP(=O)(O)O. The number of hydrogen-bond acceptors (Lipinski definition) is 19. The number of hydrogen-bond donors (Lipinski definition) is 10. The van der Waals surface area contributed by atoms with Crippen LogP contribution < -0.4 is 16.4 Å². The molecular formula is C43H66N7O18P3S. The number of rotatable bonds is 33. The highest BCUT2D eigenvalue weighted by atomic mass is 32.2. The first-order chi connectivity index (χ1) is 33.9. The van der Waals surface area contributed by atoms with Crippen LogP contribution in [0.1, 0.15) is 78.4 Å². The number of allylic oxidation sites excluding steroid dienone is 10. The molecule has 11 N–H and O–H groups in total. The normalized spacial score (nSPS) is 20.6. The van der Waals surface area contributed by atoms with Crippen molar-refractivity contribution >= 4 is 69.1 Å². The van der Waals surface area contributed by atoms with Crippen LogP contribution in [-0.4, -0.2) is 134 Å². The first kappa shape index (κ1) is 62.3. The van der Waals surface area contributed by atoms with Gasteiger partial charge in [0.2, 0.25) is 11.8 Å². The third kappa shape index (κ3) is 23.4. The van der Waals surface area contributed by atoms with Gasteiger partial charge in [0.05, 0.1) is 25.6 Å². The molecule has 8 unspecified atom stereocenters. The molecule has 2 aromatic rings. The zero-order valence-corrected chi connectivity index (χ0v) is 43.5. The van der Waals surface area contributed by atoms with E-state index in [-0.39, 0.29) is 41.6 Å². The molecule has 1 saturated heterocycles. The molecule has 0 aliphatic carbocycles. The molecule has 402 valence electrons. The lowest BCUT2D eigenvalue weighted by Gasteiger charge is -2.30. The maximum atomic E-state index is 12.8. The Balaban J connectivity index is 1.30. The molecule has 1 aliphatic heterocycles. The minimum Gasteiger partial charge on any atom is -0.389 e. The molecule has 1 aliphatic rings. The number of carbonyl (C=O) groups is 3. The summed E-state index contributed by atoms with van der Waals surface area (Å²) >= 11 is 1.08. The van der Waals surface area contributed by atoms with Crippen molar-refractivity contribution in [2.24, 2.45) is 5.41 Å². The van der Waals surface area contributed by atoms with Crippen molar-refractivity contribution in [3.8, 4) is 0 Å². The number of imidazole rings is 1. The molecule has 0 aromatic carbocycles. The van der Waals surface area contributed by atoms with E-state index >= 15 is 0 Å². The van der Waals surface area contributed by atoms with Gasteiger partial charge in [-0.2, -0.15) is 4.31 Å². The lowest BCUT2D eigenvalue weighted by molar-refractivity contribution is -0.137. The van der Waals surface area contributed by atoms with Gasteiger partial charge in [0.1, 0.15) is 36.3 Å². The Bertz CT molecular complexity index is 2390. The van der Waals surface area contributed by atoms with Crippen LogP contribution in [0.4, 0.5) is 5.82 Å². The summed E-state index contributed by atoms with van der Waals surface area (Å²) in [4.78, 5) is 88.4. The van der Waals surface area contributed by atoms with E-state index in [4.69, 9.17) is 19.5 Å². The van der Waals surface area contributed by atoms with Crippen molar-refractivity contribution in [3.63, 3.8) is 0 Å². The number of nitrogens with zero attached hydrogens (tertiary/aromatic N) is 4. The van der Waals surface area contributed by atoms with Gasteiger partial charge in [0, 0.05) is 37.1 Å². The summed E-state index contributed by atoms with van der Waals surface area (Å²) < 4.78 is 62.4. The van der Waals surface area contributed by atoms with Crippen molar-refractivity contribution in [2.75, 3.05) is 37.8 Å².